The Hall–Kier alpha value is -2.60. The van der Waals surface area contributed by atoms with Gasteiger partial charge in [0.1, 0.15) is 0 Å². The van der Waals surface area contributed by atoms with E-state index in [0.717, 1.165) is 34.3 Å². The first-order valence-electron chi connectivity index (χ1n) is 9.44. The van der Waals surface area contributed by atoms with Crippen molar-refractivity contribution in [2.45, 2.75) is 51.6 Å². The molecule has 146 valence electrons. The molecule has 0 aliphatic carbocycles. The van der Waals surface area contributed by atoms with E-state index in [9.17, 15) is 4.79 Å². The van der Waals surface area contributed by atoms with Gasteiger partial charge in [-0.15, -0.1) is 10.2 Å². The van der Waals surface area contributed by atoms with Gasteiger partial charge >= 0.3 is 0 Å². The summed E-state index contributed by atoms with van der Waals surface area (Å²) in [6, 6.07) is 14.2. The summed E-state index contributed by atoms with van der Waals surface area (Å²) in [7, 11) is 0. The lowest BCUT2D eigenvalue weighted by Crippen LogP contribution is -2.23. The summed E-state index contributed by atoms with van der Waals surface area (Å²) in [5.74, 6) is 0.787. The summed E-state index contributed by atoms with van der Waals surface area (Å²) >= 11 is 1.43. The molecule has 6 heteroatoms. The van der Waals surface area contributed by atoms with Crippen molar-refractivity contribution in [2.24, 2.45) is 0 Å². The van der Waals surface area contributed by atoms with E-state index in [1.807, 2.05) is 45.0 Å². The zero-order chi connectivity index (χ0) is 20.3. The molecule has 1 N–H and O–H groups in total. The molecule has 0 fully saturated rings. The quantitative estimate of drug-likeness (QED) is 0.597. The second-order valence-electron chi connectivity index (χ2n) is 6.99. The Bertz CT molecular complexity index is 996. The van der Waals surface area contributed by atoms with Gasteiger partial charge < -0.3 is 9.88 Å². The molecule has 1 amide bonds. The Labute approximate surface area is 170 Å². The largest absolute Gasteiger partial charge is 0.325 e. The zero-order valence-corrected chi connectivity index (χ0v) is 17.8. The second-order valence-corrected chi connectivity index (χ2v) is 8.30. The molecule has 1 heterocycles. The third kappa shape index (κ3) is 4.44. The number of carbonyl (C=O) groups is 1. The van der Waals surface area contributed by atoms with Gasteiger partial charge in [-0.25, -0.2) is 0 Å². The van der Waals surface area contributed by atoms with E-state index in [1.165, 1.54) is 22.9 Å². The fourth-order valence-corrected chi connectivity index (χ4v) is 3.97. The Morgan fingerprint density at radius 3 is 2.54 bits per heavy atom. The van der Waals surface area contributed by atoms with Crippen LogP contribution in [0.5, 0.6) is 0 Å². The summed E-state index contributed by atoms with van der Waals surface area (Å²) in [5.41, 5.74) is 5.30. The van der Waals surface area contributed by atoms with Crippen molar-refractivity contribution in [2.75, 3.05) is 5.32 Å². The van der Waals surface area contributed by atoms with Crippen molar-refractivity contribution in [1.29, 1.82) is 0 Å². The van der Waals surface area contributed by atoms with Gasteiger partial charge in [0.2, 0.25) is 5.91 Å². The zero-order valence-electron chi connectivity index (χ0n) is 17.0. The first-order valence-corrected chi connectivity index (χ1v) is 10.3. The molecule has 0 aliphatic heterocycles. The van der Waals surface area contributed by atoms with Crippen molar-refractivity contribution in [1.82, 2.24) is 14.8 Å². The SMILES string of the molecule is CCn1c(SC(C)C(=O)Nc2ccc(C)cc2C)nnc1-c1cccc(C)c1. The van der Waals surface area contributed by atoms with E-state index in [4.69, 9.17) is 0 Å². The van der Waals surface area contributed by atoms with Crippen molar-refractivity contribution in [3.63, 3.8) is 0 Å². The molecule has 0 aliphatic rings. The van der Waals surface area contributed by atoms with Crippen molar-refractivity contribution in [3.05, 3.63) is 59.2 Å². The van der Waals surface area contributed by atoms with Crippen LogP contribution in [0.3, 0.4) is 0 Å². The van der Waals surface area contributed by atoms with Gasteiger partial charge in [0.15, 0.2) is 11.0 Å². The summed E-state index contributed by atoms with van der Waals surface area (Å²) < 4.78 is 2.06. The normalized spacial score (nSPS) is 12.0. The monoisotopic (exact) mass is 394 g/mol. The number of amides is 1. The molecule has 1 atom stereocenters. The fraction of sp³-hybridized carbons (Fsp3) is 0.318. The summed E-state index contributed by atoms with van der Waals surface area (Å²) in [6.45, 7) is 10.8. The molecule has 0 saturated carbocycles. The van der Waals surface area contributed by atoms with Gasteiger partial charge in [-0.2, -0.15) is 0 Å². The molecular formula is C22H26N4OS. The first kappa shape index (κ1) is 20.1. The van der Waals surface area contributed by atoms with E-state index in [1.54, 1.807) is 0 Å². The maximum Gasteiger partial charge on any atom is 0.237 e. The average Bonchev–Trinajstić information content (AvgIpc) is 3.06. The minimum absolute atomic E-state index is 0.0419. The smallest absolute Gasteiger partial charge is 0.237 e. The molecule has 1 unspecified atom stereocenters. The topological polar surface area (TPSA) is 59.8 Å². The number of carbonyl (C=O) groups excluding carboxylic acids is 1. The Morgan fingerprint density at radius 2 is 1.86 bits per heavy atom. The highest BCUT2D eigenvalue weighted by molar-refractivity contribution is 8.00. The molecule has 0 radical (unpaired) electrons. The average molecular weight is 395 g/mol. The number of anilines is 1. The van der Waals surface area contributed by atoms with Gasteiger partial charge in [0.25, 0.3) is 0 Å². The maximum atomic E-state index is 12.7. The maximum absolute atomic E-state index is 12.7. The highest BCUT2D eigenvalue weighted by Gasteiger charge is 2.21. The van der Waals surface area contributed by atoms with Crippen LogP contribution in [0.2, 0.25) is 0 Å². The van der Waals surface area contributed by atoms with Crippen LogP contribution in [0.15, 0.2) is 47.6 Å². The first-order chi connectivity index (χ1) is 13.4. The highest BCUT2D eigenvalue weighted by atomic mass is 32.2. The van der Waals surface area contributed by atoms with Crippen LogP contribution in [-0.4, -0.2) is 25.9 Å². The van der Waals surface area contributed by atoms with Crippen LogP contribution in [0, 0.1) is 20.8 Å². The molecule has 3 aromatic rings. The summed E-state index contributed by atoms with van der Waals surface area (Å²) in [5, 5.41) is 12.2. The van der Waals surface area contributed by atoms with Crippen molar-refractivity contribution >= 4 is 23.4 Å². The number of hydrogen-bond acceptors (Lipinski definition) is 4. The van der Waals surface area contributed by atoms with Gasteiger partial charge in [-0.05, 0) is 52.3 Å². The molecule has 2 aromatic carbocycles. The highest BCUT2D eigenvalue weighted by Crippen LogP contribution is 2.28. The Balaban J connectivity index is 1.76. The number of benzene rings is 2. The predicted octanol–water partition coefficient (Wildman–Crippen LogP) is 5.01. The number of nitrogens with zero attached hydrogens (tertiary/aromatic N) is 3. The molecule has 28 heavy (non-hydrogen) atoms. The number of hydrogen-bond donors (Lipinski definition) is 1. The fourth-order valence-electron chi connectivity index (χ4n) is 3.06. The Kier molecular flexibility index (Phi) is 6.19. The van der Waals surface area contributed by atoms with E-state index in [2.05, 4.69) is 52.1 Å². The minimum atomic E-state index is -0.291. The third-order valence-corrected chi connectivity index (χ3v) is 5.68. The van der Waals surface area contributed by atoms with Gasteiger partial charge in [-0.1, -0.05) is 53.2 Å². The Morgan fingerprint density at radius 1 is 1.11 bits per heavy atom. The molecular weight excluding hydrogens is 368 g/mol. The summed E-state index contributed by atoms with van der Waals surface area (Å²) in [4.78, 5) is 12.7. The minimum Gasteiger partial charge on any atom is -0.325 e. The van der Waals surface area contributed by atoms with Crippen LogP contribution in [-0.2, 0) is 11.3 Å². The van der Waals surface area contributed by atoms with Crippen molar-refractivity contribution in [3.8, 4) is 11.4 Å². The van der Waals surface area contributed by atoms with Crippen LogP contribution in [0.1, 0.15) is 30.5 Å². The van der Waals surface area contributed by atoms with Crippen LogP contribution in [0.4, 0.5) is 5.69 Å². The molecule has 0 bridgehead atoms. The summed E-state index contributed by atoms with van der Waals surface area (Å²) in [6.07, 6.45) is 0. The van der Waals surface area contributed by atoms with E-state index in [0.29, 0.717) is 0 Å². The van der Waals surface area contributed by atoms with Gasteiger partial charge in [0.05, 0.1) is 5.25 Å². The number of aromatic nitrogens is 3. The predicted molar refractivity (Wildman–Crippen MR) is 116 cm³/mol. The molecule has 1 aromatic heterocycles. The number of nitrogens with one attached hydrogen (secondary N) is 1. The second kappa shape index (κ2) is 8.61. The molecule has 0 spiro atoms. The third-order valence-electron chi connectivity index (χ3n) is 4.60. The van der Waals surface area contributed by atoms with Gasteiger partial charge in [0, 0.05) is 17.8 Å². The number of thioether (sulfide) groups is 1. The van der Waals surface area contributed by atoms with Crippen LogP contribution in [0.25, 0.3) is 11.4 Å². The van der Waals surface area contributed by atoms with E-state index >= 15 is 0 Å². The number of rotatable bonds is 6. The lowest BCUT2D eigenvalue weighted by Gasteiger charge is -2.14. The molecule has 3 rings (SSSR count). The number of aryl methyl sites for hydroxylation is 3. The van der Waals surface area contributed by atoms with Gasteiger partial charge in [-0.3, -0.25) is 4.79 Å². The lowest BCUT2D eigenvalue weighted by molar-refractivity contribution is -0.115. The van der Waals surface area contributed by atoms with Crippen LogP contribution >= 0.6 is 11.8 Å². The molecule has 5 nitrogen and oxygen atoms in total. The standard InChI is InChI=1S/C22H26N4OS/c1-6-26-20(18-9-7-8-14(2)13-18)24-25-22(26)28-17(5)21(27)23-19-11-10-15(3)12-16(19)4/h7-13,17H,6H2,1-5H3,(H,23,27). The lowest BCUT2D eigenvalue weighted by atomic mass is 10.1. The van der Waals surface area contributed by atoms with E-state index < -0.39 is 0 Å². The van der Waals surface area contributed by atoms with Crippen molar-refractivity contribution < 1.29 is 4.79 Å². The molecule has 0 saturated heterocycles. The van der Waals surface area contributed by atoms with Crippen LogP contribution < -0.4 is 5.32 Å². The van der Waals surface area contributed by atoms with E-state index in [-0.39, 0.29) is 11.2 Å².